The van der Waals surface area contributed by atoms with Crippen LogP contribution in [0, 0.1) is 17.5 Å². The lowest BCUT2D eigenvalue weighted by atomic mass is 9.96. The molecule has 0 aliphatic rings. The molecule has 0 unspecified atom stereocenters. The third kappa shape index (κ3) is 5.83. The molecule has 0 bridgehead atoms. The van der Waals surface area contributed by atoms with Crippen LogP contribution >= 0.6 is 0 Å². The third-order valence-electron chi connectivity index (χ3n) is 6.09. The minimum absolute atomic E-state index is 0.140. The second kappa shape index (κ2) is 10.6. The molecule has 0 saturated heterocycles. The Hall–Kier alpha value is -3.48. The van der Waals surface area contributed by atoms with Crippen molar-refractivity contribution in [3.63, 3.8) is 0 Å². The first-order valence-corrected chi connectivity index (χ1v) is 11.7. The maximum atomic E-state index is 15.3. The van der Waals surface area contributed by atoms with Crippen LogP contribution in [0.3, 0.4) is 0 Å². The molecule has 0 spiro atoms. The molecule has 1 nitrogen and oxygen atoms in total. The van der Waals surface area contributed by atoms with E-state index in [4.69, 9.17) is 0 Å². The van der Waals surface area contributed by atoms with Crippen LogP contribution < -0.4 is 4.74 Å². The van der Waals surface area contributed by atoms with Crippen LogP contribution in [0.15, 0.2) is 66.7 Å². The minimum Gasteiger partial charge on any atom is -0.399 e. The van der Waals surface area contributed by atoms with Gasteiger partial charge in [-0.2, -0.15) is 0 Å². The first-order valence-electron chi connectivity index (χ1n) is 11.7. The largest absolute Gasteiger partial charge is 0.573 e. The number of halogens is 6. The Morgan fingerprint density at radius 1 is 0.694 bits per heavy atom. The lowest BCUT2D eigenvalue weighted by Gasteiger charge is -2.13. The van der Waals surface area contributed by atoms with Gasteiger partial charge in [-0.1, -0.05) is 74.7 Å². The van der Waals surface area contributed by atoms with Gasteiger partial charge >= 0.3 is 6.36 Å². The summed E-state index contributed by atoms with van der Waals surface area (Å²) in [6.07, 6.45) is 0.549. The number of ether oxygens (including phenoxy) is 1. The summed E-state index contributed by atoms with van der Waals surface area (Å²) in [5.41, 5.74) is 2.75. The molecule has 188 valence electrons. The van der Waals surface area contributed by atoms with E-state index in [1.807, 2.05) is 18.2 Å². The van der Waals surface area contributed by atoms with Crippen molar-refractivity contribution in [3.05, 3.63) is 89.7 Å². The molecule has 0 radical (unpaired) electrons. The summed E-state index contributed by atoms with van der Waals surface area (Å²) in [5, 5.41) is 0.801. The number of fused-ring (bicyclic) bond motifs is 1. The van der Waals surface area contributed by atoms with Crippen LogP contribution in [0.4, 0.5) is 26.3 Å². The van der Waals surface area contributed by atoms with Crippen molar-refractivity contribution >= 4 is 10.8 Å². The molecule has 0 aliphatic carbocycles. The molecule has 4 rings (SSSR count). The molecule has 36 heavy (non-hydrogen) atoms. The number of benzene rings is 4. The molecule has 0 N–H and O–H groups in total. The molecule has 7 heteroatoms. The van der Waals surface area contributed by atoms with Crippen molar-refractivity contribution in [2.75, 3.05) is 0 Å². The Kier molecular flexibility index (Phi) is 7.57. The summed E-state index contributed by atoms with van der Waals surface area (Å²) in [4.78, 5) is 0. The summed E-state index contributed by atoms with van der Waals surface area (Å²) in [7, 11) is 0. The normalized spacial score (nSPS) is 11.8. The van der Waals surface area contributed by atoms with Gasteiger partial charge < -0.3 is 4.74 Å². The average Bonchev–Trinajstić information content (AvgIpc) is 2.84. The predicted octanol–water partition coefficient (Wildman–Crippen LogP) is 9.61. The standard InChI is InChI=1S/C29H24F6O/c1-2-3-4-5-6-18-7-9-19(10-8-18)20-11-13-23-21(15-20)12-14-24(27(23)32)22-16-25(30)28(26(31)17-22)36-29(33,34)35/h7-17H,2-6H2,1H3. The van der Waals surface area contributed by atoms with E-state index in [-0.39, 0.29) is 16.5 Å². The van der Waals surface area contributed by atoms with Gasteiger partial charge in [0, 0.05) is 10.9 Å². The van der Waals surface area contributed by atoms with E-state index in [1.54, 1.807) is 18.2 Å². The van der Waals surface area contributed by atoms with E-state index < -0.39 is 29.6 Å². The number of aryl methyl sites for hydroxylation is 1. The van der Waals surface area contributed by atoms with E-state index in [0.717, 1.165) is 24.0 Å². The number of hydrogen-bond donors (Lipinski definition) is 0. The highest BCUT2D eigenvalue weighted by molar-refractivity contribution is 5.91. The van der Waals surface area contributed by atoms with Crippen LogP contribution in [0.25, 0.3) is 33.0 Å². The summed E-state index contributed by atoms with van der Waals surface area (Å²) in [6.45, 7) is 2.18. The van der Waals surface area contributed by atoms with Crippen molar-refractivity contribution < 1.29 is 31.1 Å². The molecule has 0 heterocycles. The molecule has 0 aromatic heterocycles. The van der Waals surface area contributed by atoms with E-state index in [1.165, 1.54) is 30.9 Å². The fourth-order valence-electron chi connectivity index (χ4n) is 4.24. The summed E-state index contributed by atoms with van der Waals surface area (Å²) < 4.78 is 84.2. The first kappa shape index (κ1) is 25.6. The Bertz CT molecular complexity index is 1340. The lowest BCUT2D eigenvalue weighted by Crippen LogP contribution is -2.19. The number of alkyl halides is 3. The third-order valence-corrected chi connectivity index (χ3v) is 6.09. The van der Waals surface area contributed by atoms with Crippen molar-refractivity contribution in [2.24, 2.45) is 0 Å². The lowest BCUT2D eigenvalue weighted by molar-refractivity contribution is -0.276. The molecule has 0 aliphatic heterocycles. The molecular weight excluding hydrogens is 478 g/mol. The minimum atomic E-state index is -5.26. The number of hydrogen-bond acceptors (Lipinski definition) is 1. The highest BCUT2D eigenvalue weighted by atomic mass is 19.4. The Morgan fingerprint density at radius 2 is 1.36 bits per heavy atom. The second-order valence-corrected chi connectivity index (χ2v) is 8.69. The van der Waals surface area contributed by atoms with Crippen molar-refractivity contribution in [3.8, 4) is 28.0 Å². The molecule has 0 atom stereocenters. The maximum Gasteiger partial charge on any atom is 0.573 e. The predicted molar refractivity (Wildman–Crippen MR) is 129 cm³/mol. The van der Waals surface area contributed by atoms with Crippen LogP contribution in [-0.2, 0) is 6.42 Å². The SMILES string of the molecule is CCCCCCc1ccc(-c2ccc3c(F)c(-c4cc(F)c(OC(F)(F)F)c(F)c4)ccc3c2)cc1. The van der Waals surface area contributed by atoms with E-state index in [0.29, 0.717) is 17.5 Å². The first-order chi connectivity index (χ1) is 17.2. The molecule has 0 amide bonds. The van der Waals surface area contributed by atoms with E-state index in [2.05, 4.69) is 23.8 Å². The van der Waals surface area contributed by atoms with Gasteiger partial charge in [-0.25, -0.2) is 13.2 Å². The highest BCUT2D eigenvalue weighted by Gasteiger charge is 2.34. The van der Waals surface area contributed by atoms with Gasteiger partial charge in [-0.15, -0.1) is 13.2 Å². The van der Waals surface area contributed by atoms with Crippen LogP contribution in [0.2, 0.25) is 0 Å². The van der Waals surface area contributed by atoms with Gasteiger partial charge in [-0.05, 0) is 58.7 Å². The van der Waals surface area contributed by atoms with Crippen LogP contribution in [-0.4, -0.2) is 6.36 Å². The zero-order chi connectivity index (χ0) is 25.9. The molecule has 4 aromatic rings. The van der Waals surface area contributed by atoms with Gasteiger partial charge in [0.15, 0.2) is 11.6 Å². The topological polar surface area (TPSA) is 9.23 Å². The van der Waals surface area contributed by atoms with E-state index in [9.17, 15) is 22.0 Å². The summed E-state index contributed by atoms with van der Waals surface area (Å²) in [6, 6.07) is 17.6. The Morgan fingerprint density at radius 3 is 2.00 bits per heavy atom. The second-order valence-electron chi connectivity index (χ2n) is 8.69. The average molecular weight is 502 g/mol. The fourth-order valence-corrected chi connectivity index (χ4v) is 4.24. The molecule has 4 aromatic carbocycles. The zero-order valence-corrected chi connectivity index (χ0v) is 19.6. The van der Waals surface area contributed by atoms with E-state index >= 15 is 4.39 Å². The summed E-state index contributed by atoms with van der Waals surface area (Å²) >= 11 is 0. The van der Waals surface area contributed by atoms with Gasteiger partial charge in [-0.3, -0.25) is 0 Å². The van der Waals surface area contributed by atoms with Gasteiger partial charge in [0.25, 0.3) is 0 Å². The summed E-state index contributed by atoms with van der Waals surface area (Å²) in [5.74, 6) is -5.47. The van der Waals surface area contributed by atoms with Crippen molar-refractivity contribution in [1.82, 2.24) is 0 Å². The quantitative estimate of drug-likeness (QED) is 0.172. The monoisotopic (exact) mass is 502 g/mol. The molecular formula is C29H24F6O. The Labute approximate surface area is 205 Å². The zero-order valence-electron chi connectivity index (χ0n) is 19.6. The van der Waals surface area contributed by atoms with Crippen LogP contribution in [0.1, 0.15) is 38.2 Å². The van der Waals surface area contributed by atoms with Gasteiger partial charge in [0.1, 0.15) is 5.82 Å². The maximum absolute atomic E-state index is 15.3. The van der Waals surface area contributed by atoms with Crippen LogP contribution in [0.5, 0.6) is 5.75 Å². The fraction of sp³-hybridized carbons (Fsp3) is 0.241. The number of unbranched alkanes of at least 4 members (excludes halogenated alkanes) is 3. The smallest absolute Gasteiger partial charge is 0.399 e. The molecule has 0 saturated carbocycles. The van der Waals surface area contributed by atoms with Crippen molar-refractivity contribution in [1.29, 1.82) is 0 Å². The number of rotatable bonds is 8. The van der Waals surface area contributed by atoms with Gasteiger partial charge in [0.05, 0.1) is 0 Å². The Balaban J connectivity index is 1.60. The van der Waals surface area contributed by atoms with Gasteiger partial charge in [0.2, 0.25) is 5.75 Å². The van der Waals surface area contributed by atoms with Crippen molar-refractivity contribution in [2.45, 2.75) is 45.4 Å². The molecule has 0 fully saturated rings. The highest BCUT2D eigenvalue weighted by Crippen LogP contribution is 2.36.